The Hall–Kier alpha value is -1.68. The van der Waals surface area contributed by atoms with Crippen LogP contribution >= 0.6 is 0 Å². The summed E-state index contributed by atoms with van der Waals surface area (Å²) in [5.74, 6) is -1.06. The second-order valence-electron chi connectivity index (χ2n) is 4.77. The lowest BCUT2D eigenvalue weighted by Gasteiger charge is -2.32. The monoisotopic (exact) mass is 322 g/mol. The summed E-state index contributed by atoms with van der Waals surface area (Å²) in [5.41, 5.74) is -3.38. The summed E-state index contributed by atoms with van der Waals surface area (Å²) in [6, 6.07) is 7.25. The molecule has 9 heteroatoms. The summed E-state index contributed by atoms with van der Waals surface area (Å²) in [6.07, 6.45) is -12.1. The number of halogens is 3. The third kappa shape index (κ3) is 2.80. The molecule has 6 nitrogen and oxygen atoms in total. The summed E-state index contributed by atoms with van der Waals surface area (Å²) in [6.45, 7) is -1.40. The number of carbonyl (C=O) groups excluding carboxylic acids is 1. The highest BCUT2D eigenvalue weighted by Gasteiger charge is 2.69. The smallest absolute Gasteiger partial charge is 0.423 e. The summed E-state index contributed by atoms with van der Waals surface area (Å²) in [7, 11) is 0. The van der Waals surface area contributed by atoms with Gasteiger partial charge < -0.3 is 24.8 Å². The van der Waals surface area contributed by atoms with Gasteiger partial charge in [0.25, 0.3) is 0 Å². The molecular weight excluding hydrogens is 309 g/mol. The van der Waals surface area contributed by atoms with Gasteiger partial charge in [0.1, 0.15) is 18.8 Å². The molecule has 0 radical (unpaired) electrons. The van der Waals surface area contributed by atoms with Crippen LogP contribution in [0.5, 0.6) is 0 Å². The van der Waals surface area contributed by atoms with Gasteiger partial charge in [0, 0.05) is 0 Å². The van der Waals surface area contributed by atoms with Crippen molar-refractivity contribution < 1.29 is 42.8 Å². The lowest BCUT2D eigenvalue weighted by atomic mass is 9.95. The molecule has 0 spiro atoms. The van der Waals surface area contributed by atoms with E-state index in [2.05, 4.69) is 9.47 Å². The molecule has 1 fully saturated rings. The van der Waals surface area contributed by atoms with E-state index in [1.165, 1.54) is 24.3 Å². The Morgan fingerprint density at radius 2 is 1.82 bits per heavy atom. The average Bonchev–Trinajstić information content (AvgIpc) is 2.70. The molecule has 1 aliphatic heterocycles. The summed E-state index contributed by atoms with van der Waals surface area (Å²) in [4.78, 5) is 11.7. The Balaban J connectivity index is 2.18. The van der Waals surface area contributed by atoms with E-state index in [1.807, 2.05) is 0 Å². The van der Waals surface area contributed by atoms with E-state index in [-0.39, 0.29) is 5.56 Å². The van der Waals surface area contributed by atoms with Gasteiger partial charge in [0.2, 0.25) is 5.60 Å². The van der Waals surface area contributed by atoms with Crippen molar-refractivity contribution in [2.24, 2.45) is 0 Å². The molecule has 22 heavy (non-hydrogen) atoms. The van der Waals surface area contributed by atoms with Crippen LogP contribution in [0.15, 0.2) is 30.3 Å². The van der Waals surface area contributed by atoms with E-state index < -0.39 is 42.9 Å². The second kappa shape index (κ2) is 5.84. The van der Waals surface area contributed by atoms with Crippen molar-refractivity contribution >= 4 is 5.97 Å². The SMILES string of the molecule is O=C(OC[C@@]1(C(F)(F)F)OC(O)[C@H](O)[C@@H]1O)c1ccccc1. The average molecular weight is 322 g/mol. The van der Waals surface area contributed by atoms with Gasteiger partial charge in [-0.15, -0.1) is 0 Å². The number of carbonyl (C=O) groups is 1. The zero-order valence-electron chi connectivity index (χ0n) is 11.0. The topological polar surface area (TPSA) is 96.2 Å². The minimum absolute atomic E-state index is 0.00779. The van der Waals surface area contributed by atoms with Crippen molar-refractivity contribution in [2.75, 3.05) is 6.61 Å². The molecule has 2 rings (SSSR count). The molecule has 122 valence electrons. The zero-order chi connectivity index (χ0) is 16.5. The second-order valence-corrected chi connectivity index (χ2v) is 4.77. The van der Waals surface area contributed by atoms with Crippen LogP contribution in [0.3, 0.4) is 0 Å². The van der Waals surface area contributed by atoms with Crippen molar-refractivity contribution in [3.8, 4) is 0 Å². The Labute approximate surface area is 122 Å². The van der Waals surface area contributed by atoms with Crippen LogP contribution < -0.4 is 0 Å². The van der Waals surface area contributed by atoms with E-state index in [4.69, 9.17) is 0 Å². The summed E-state index contributed by atoms with van der Waals surface area (Å²) in [5, 5.41) is 28.0. The molecule has 4 atom stereocenters. The van der Waals surface area contributed by atoms with Gasteiger partial charge in [0.15, 0.2) is 6.29 Å². The van der Waals surface area contributed by atoms with Crippen LogP contribution in [0.25, 0.3) is 0 Å². The quantitative estimate of drug-likeness (QED) is 0.689. The van der Waals surface area contributed by atoms with Crippen molar-refractivity contribution in [1.82, 2.24) is 0 Å². The Morgan fingerprint density at radius 1 is 1.23 bits per heavy atom. The standard InChI is InChI=1S/C13H13F3O6/c14-13(15,16)12(9(18)8(17)11(20)22-12)6-21-10(19)7-4-2-1-3-5-7/h1-5,8-9,11,17-18,20H,6H2/t8-,9+,11?,12-/m1/s1. The van der Waals surface area contributed by atoms with E-state index in [0.29, 0.717) is 0 Å². The molecule has 1 unspecified atom stereocenters. The molecule has 0 aliphatic carbocycles. The minimum Gasteiger partial charge on any atom is -0.459 e. The summed E-state index contributed by atoms with van der Waals surface area (Å²) >= 11 is 0. The number of alkyl halides is 3. The fraction of sp³-hybridized carbons (Fsp3) is 0.462. The van der Waals surface area contributed by atoms with Gasteiger partial charge in [-0.05, 0) is 12.1 Å². The predicted octanol–water partition coefficient (Wildman–Crippen LogP) is 0.215. The van der Waals surface area contributed by atoms with E-state index in [1.54, 1.807) is 6.07 Å². The van der Waals surface area contributed by atoms with Crippen molar-refractivity contribution in [1.29, 1.82) is 0 Å². The number of hydrogen-bond donors (Lipinski definition) is 3. The van der Waals surface area contributed by atoms with Gasteiger partial charge in [-0.1, -0.05) is 18.2 Å². The molecule has 1 aromatic carbocycles. The van der Waals surface area contributed by atoms with Gasteiger partial charge in [-0.25, -0.2) is 4.79 Å². The highest BCUT2D eigenvalue weighted by Crippen LogP contribution is 2.43. The first-order valence-corrected chi connectivity index (χ1v) is 6.20. The molecule has 1 heterocycles. The molecule has 0 amide bonds. The highest BCUT2D eigenvalue weighted by atomic mass is 19.4. The molecular formula is C13H13F3O6. The molecule has 3 N–H and O–H groups in total. The third-order valence-corrected chi connectivity index (χ3v) is 3.33. The van der Waals surface area contributed by atoms with Crippen LogP contribution in [0.2, 0.25) is 0 Å². The number of aliphatic hydroxyl groups is 3. The van der Waals surface area contributed by atoms with Gasteiger partial charge >= 0.3 is 12.1 Å². The van der Waals surface area contributed by atoms with Crippen LogP contribution in [-0.4, -0.2) is 58.2 Å². The van der Waals surface area contributed by atoms with Crippen molar-refractivity contribution in [2.45, 2.75) is 30.3 Å². The molecule has 0 saturated carbocycles. The van der Waals surface area contributed by atoms with Gasteiger partial charge in [-0.3, -0.25) is 0 Å². The largest absolute Gasteiger partial charge is 0.459 e. The zero-order valence-corrected chi connectivity index (χ0v) is 11.0. The highest BCUT2D eigenvalue weighted by molar-refractivity contribution is 5.89. The lowest BCUT2D eigenvalue weighted by molar-refractivity contribution is -0.314. The maximum absolute atomic E-state index is 13.2. The first kappa shape index (κ1) is 16.7. The van der Waals surface area contributed by atoms with Crippen LogP contribution in [0.1, 0.15) is 10.4 Å². The molecule has 0 bridgehead atoms. The number of rotatable bonds is 3. The molecule has 1 aromatic rings. The Morgan fingerprint density at radius 3 is 2.27 bits per heavy atom. The minimum atomic E-state index is -5.18. The van der Waals surface area contributed by atoms with E-state index >= 15 is 0 Å². The number of esters is 1. The van der Waals surface area contributed by atoms with E-state index in [9.17, 15) is 33.3 Å². The van der Waals surface area contributed by atoms with Crippen LogP contribution in [0, 0.1) is 0 Å². The van der Waals surface area contributed by atoms with Gasteiger partial charge in [0.05, 0.1) is 5.56 Å². The number of benzene rings is 1. The number of ether oxygens (including phenoxy) is 2. The van der Waals surface area contributed by atoms with Gasteiger partial charge in [-0.2, -0.15) is 13.2 Å². The lowest BCUT2D eigenvalue weighted by Crippen LogP contribution is -2.58. The fourth-order valence-corrected chi connectivity index (χ4v) is 2.05. The summed E-state index contributed by atoms with van der Waals surface area (Å²) < 4.78 is 48.3. The van der Waals surface area contributed by atoms with E-state index in [0.717, 1.165) is 0 Å². The first-order chi connectivity index (χ1) is 10.2. The number of hydrogen-bond acceptors (Lipinski definition) is 6. The third-order valence-electron chi connectivity index (χ3n) is 3.33. The fourth-order valence-electron chi connectivity index (χ4n) is 2.05. The Bertz CT molecular complexity index is 534. The first-order valence-electron chi connectivity index (χ1n) is 6.20. The molecule has 1 saturated heterocycles. The molecule has 0 aromatic heterocycles. The molecule has 1 aliphatic rings. The van der Waals surface area contributed by atoms with Crippen LogP contribution in [0.4, 0.5) is 13.2 Å². The predicted molar refractivity (Wildman–Crippen MR) is 64.6 cm³/mol. The van der Waals surface area contributed by atoms with Crippen molar-refractivity contribution in [3.05, 3.63) is 35.9 Å². The number of aliphatic hydroxyl groups excluding tert-OH is 3. The van der Waals surface area contributed by atoms with Crippen LogP contribution in [-0.2, 0) is 9.47 Å². The van der Waals surface area contributed by atoms with Crippen molar-refractivity contribution in [3.63, 3.8) is 0 Å². The maximum Gasteiger partial charge on any atom is 0.423 e. The normalized spacial score (nSPS) is 32.0. The maximum atomic E-state index is 13.2. The Kier molecular flexibility index (Phi) is 4.43.